The van der Waals surface area contributed by atoms with Gasteiger partial charge < -0.3 is 14.6 Å². The largest absolute Gasteiger partial charge is 0.381 e. The van der Waals surface area contributed by atoms with Gasteiger partial charge in [-0.15, -0.1) is 0 Å². The summed E-state index contributed by atoms with van der Waals surface area (Å²) in [4.78, 5) is 34.2. The fraction of sp³-hybridized carbons (Fsp3) is 0.517. The number of rotatable bonds is 4. The van der Waals surface area contributed by atoms with Crippen molar-refractivity contribution in [2.45, 2.75) is 59.2 Å². The number of carbonyl (C=O) groups excluding carboxylic acids is 1. The minimum atomic E-state index is -0.154. The van der Waals surface area contributed by atoms with Crippen LogP contribution in [0.4, 0.5) is 0 Å². The third-order valence-corrected chi connectivity index (χ3v) is 8.75. The summed E-state index contributed by atoms with van der Waals surface area (Å²) >= 11 is 0. The summed E-state index contributed by atoms with van der Waals surface area (Å²) in [5.41, 5.74) is 6.44. The van der Waals surface area contributed by atoms with E-state index in [1.54, 1.807) is 6.20 Å². The number of fused-ring (bicyclic) bond motifs is 3. The minimum absolute atomic E-state index is 0.0334. The number of ether oxygens (including phenoxy) is 1. The average molecular weight is 532 g/mol. The van der Waals surface area contributed by atoms with Crippen LogP contribution in [-0.2, 0) is 18.3 Å². The Kier molecular flexibility index (Phi) is 6.55. The maximum Gasteiger partial charge on any atom is 0.259 e. The van der Waals surface area contributed by atoms with Crippen molar-refractivity contribution in [2.75, 3.05) is 32.8 Å². The second kappa shape index (κ2) is 9.91. The van der Waals surface area contributed by atoms with Gasteiger partial charge in [-0.3, -0.25) is 23.9 Å². The number of aryl methyl sites for hydroxylation is 3. The molecule has 2 saturated heterocycles. The van der Waals surface area contributed by atoms with E-state index in [0.29, 0.717) is 37.3 Å². The van der Waals surface area contributed by atoms with E-state index in [9.17, 15) is 9.59 Å². The highest BCUT2D eigenvalue weighted by atomic mass is 16.5. The molecule has 5 heterocycles. The molecule has 6 rings (SSSR count). The number of amides is 1. The van der Waals surface area contributed by atoms with Crippen molar-refractivity contribution in [2.24, 2.45) is 7.05 Å². The third-order valence-electron chi connectivity index (χ3n) is 8.75. The van der Waals surface area contributed by atoms with E-state index in [-0.39, 0.29) is 23.6 Å². The Hall–Kier alpha value is -3.50. The van der Waals surface area contributed by atoms with Crippen molar-refractivity contribution in [3.63, 3.8) is 0 Å². The molecule has 2 aliphatic rings. The van der Waals surface area contributed by atoms with E-state index in [4.69, 9.17) is 4.74 Å². The zero-order valence-electron chi connectivity index (χ0n) is 23.5. The van der Waals surface area contributed by atoms with Gasteiger partial charge in [0.05, 0.1) is 34.4 Å². The van der Waals surface area contributed by atoms with Crippen LogP contribution in [0.15, 0.2) is 23.1 Å². The maximum absolute atomic E-state index is 13.9. The second-order valence-electron chi connectivity index (χ2n) is 11.2. The Morgan fingerprint density at radius 3 is 2.59 bits per heavy atom. The molecule has 0 unspecified atom stereocenters. The first-order valence-electron chi connectivity index (χ1n) is 13.9. The normalized spacial score (nSPS) is 19.4. The third kappa shape index (κ3) is 4.45. The standard InChI is InChI=1S/C29H37N7O3/c1-17-12-26-23(27-24(28(37)31-26)14-30-36(27)21-6-10-39-11-7-21)13-22(17)29(38)35-9-8-34(18(2)15-35)16-25-19(3)32-33(5)20(25)4/h12-14,18,21H,6-11,15-16H2,1-5H3,(H,31,37)/t18-/m0/s1. The highest BCUT2D eigenvalue weighted by Gasteiger charge is 2.30. The Labute approximate surface area is 227 Å². The molecule has 1 atom stereocenters. The predicted octanol–water partition coefficient (Wildman–Crippen LogP) is 3.23. The SMILES string of the molecule is Cc1cc2[nH]c(=O)c3cnn(C4CCOCC4)c3c2cc1C(=O)N1CCN(Cc2c(C)nn(C)c2C)[C@@H](C)C1. The Bertz CT molecular complexity index is 1630. The zero-order chi connectivity index (χ0) is 27.4. The summed E-state index contributed by atoms with van der Waals surface area (Å²) in [7, 11) is 1.98. The number of carbonyl (C=O) groups is 1. The number of hydrogen-bond donors (Lipinski definition) is 1. The summed E-state index contributed by atoms with van der Waals surface area (Å²) in [6, 6.07) is 4.28. The predicted molar refractivity (Wildman–Crippen MR) is 150 cm³/mol. The van der Waals surface area contributed by atoms with Gasteiger partial charge in [-0.2, -0.15) is 10.2 Å². The first kappa shape index (κ1) is 25.8. The van der Waals surface area contributed by atoms with Gasteiger partial charge in [-0.25, -0.2) is 0 Å². The molecule has 0 saturated carbocycles. The van der Waals surface area contributed by atoms with Gasteiger partial charge in [0.15, 0.2) is 0 Å². The number of nitrogens with one attached hydrogen (secondary N) is 1. The molecule has 10 nitrogen and oxygen atoms in total. The van der Waals surface area contributed by atoms with Crippen molar-refractivity contribution in [1.29, 1.82) is 0 Å². The smallest absolute Gasteiger partial charge is 0.259 e. The summed E-state index contributed by atoms with van der Waals surface area (Å²) in [6.07, 6.45) is 3.35. The van der Waals surface area contributed by atoms with Gasteiger partial charge >= 0.3 is 0 Å². The summed E-state index contributed by atoms with van der Waals surface area (Å²) in [5.74, 6) is 0.0334. The van der Waals surface area contributed by atoms with Crippen LogP contribution in [0.3, 0.4) is 0 Å². The lowest BCUT2D eigenvalue weighted by molar-refractivity contribution is 0.0493. The average Bonchev–Trinajstić information content (AvgIpc) is 3.47. The van der Waals surface area contributed by atoms with Crippen molar-refractivity contribution >= 4 is 27.7 Å². The van der Waals surface area contributed by atoms with Crippen LogP contribution in [0, 0.1) is 20.8 Å². The van der Waals surface area contributed by atoms with Gasteiger partial charge in [0.25, 0.3) is 11.5 Å². The molecule has 2 aliphatic heterocycles. The molecule has 0 bridgehead atoms. The molecular weight excluding hydrogens is 494 g/mol. The molecule has 2 fully saturated rings. The van der Waals surface area contributed by atoms with E-state index in [1.807, 2.05) is 40.4 Å². The molecule has 0 spiro atoms. The number of hydrogen-bond acceptors (Lipinski definition) is 6. The summed E-state index contributed by atoms with van der Waals surface area (Å²) in [5, 5.41) is 10.6. The molecule has 1 N–H and O–H groups in total. The monoisotopic (exact) mass is 531 g/mol. The van der Waals surface area contributed by atoms with E-state index in [1.165, 1.54) is 11.3 Å². The molecule has 10 heteroatoms. The van der Waals surface area contributed by atoms with Crippen LogP contribution >= 0.6 is 0 Å². The lowest BCUT2D eigenvalue weighted by Crippen LogP contribution is -2.53. The van der Waals surface area contributed by atoms with Gasteiger partial charge in [0.2, 0.25) is 0 Å². The lowest BCUT2D eigenvalue weighted by atomic mass is 10.0. The Morgan fingerprint density at radius 1 is 1.13 bits per heavy atom. The number of aromatic amines is 1. The van der Waals surface area contributed by atoms with E-state index in [0.717, 1.165) is 53.6 Å². The number of pyridine rings is 1. The number of H-pyrrole nitrogens is 1. The topological polar surface area (TPSA) is 101 Å². The van der Waals surface area contributed by atoms with Crippen molar-refractivity contribution in [3.05, 3.63) is 56.8 Å². The second-order valence-corrected chi connectivity index (χ2v) is 11.2. The molecule has 206 valence electrons. The van der Waals surface area contributed by atoms with Crippen LogP contribution in [0.5, 0.6) is 0 Å². The highest BCUT2D eigenvalue weighted by Crippen LogP contribution is 2.30. The van der Waals surface area contributed by atoms with Crippen LogP contribution in [-0.4, -0.2) is 79.1 Å². The molecular formula is C29H37N7O3. The quantitative estimate of drug-likeness (QED) is 0.434. The van der Waals surface area contributed by atoms with Crippen molar-refractivity contribution in [1.82, 2.24) is 34.3 Å². The first-order valence-corrected chi connectivity index (χ1v) is 13.9. The van der Waals surface area contributed by atoms with Crippen LogP contribution in [0.1, 0.15) is 58.7 Å². The fourth-order valence-electron chi connectivity index (χ4n) is 6.27. The lowest BCUT2D eigenvalue weighted by Gasteiger charge is -2.40. The van der Waals surface area contributed by atoms with E-state index in [2.05, 4.69) is 40.9 Å². The molecule has 4 aromatic rings. The van der Waals surface area contributed by atoms with E-state index >= 15 is 0 Å². The molecule has 1 aromatic carbocycles. The van der Waals surface area contributed by atoms with Crippen LogP contribution in [0.25, 0.3) is 21.8 Å². The van der Waals surface area contributed by atoms with Crippen LogP contribution in [0.2, 0.25) is 0 Å². The number of nitrogens with zero attached hydrogens (tertiary/aromatic N) is 6. The van der Waals surface area contributed by atoms with Crippen molar-refractivity contribution in [3.8, 4) is 0 Å². The molecule has 0 aliphatic carbocycles. The van der Waals surface area contributed by atoms with Crippen LogP contribution < -0.4 is 5.56 Å². The van der Waals surface area contributed by atoms with Crippen molar-refractivity contribution < 1.29 is 9.53 Å². The number of piperazine rings is 1. The number of aromatic nitrogens is 5. The van der Waals surface area contributed by atoms with Gasteiger partial charge in [0, 0.05) is 74.7 Å². The van der Waals surface area contributed by atoms with Gasteiger partial charge in [-0.05, 0) is 58.2 Å². The zero-order valence-corrected chi connectivity index (χ0v) is 23.5. The number of benzene rings is 1. The Morgan fingerprint density at radius 2 is 1.90 bits per heavy atom. The minimum Gasteiger partial charge on any atom is -0.381 e. The molecule has 3 aromatic heterocycles. The Balaban J connectivity index is 1.30. The van der Waals surface area contributed by atoms with Gasteiger partial charge in [0.1, 0.15) is 0 Å². The maximum atomic E-state index is 13.9. The molecule has 39 heavy (non-hydrogen) atoms. The fourth-order valence-corrected chi connectivity index (χ4v) is 6.27. The van der Waals surface area contributed by atoms with E-state index < -0.39 is 0 Å². The summed E-state index contributed by atoms with van der Waals surface area (Å²) in [6.45, 7) is 12.6. The summed E-state index contributed by atoms with van der Waals surface area (Å²) < 4.78 is 9.46. The molecule has 1 amide bonds. The molecule has 0 radical (unpaired) electrons. The van der Waals surface area contributed by atoms with Gasteiger partial charge in [-0.1, -0.05) is 0 Å². The first-order chi connectivity index (χ1) is 18.7. The highest BCUT2D eigenvalue weighted by molar-refractivity contribution is 6.07.